The molecule has 0 saturated heterocycles. The second-order valence-electron chi connectivity index (χ2n) is 5.45. The minimum Gasteiger partial charge on any atom is -0.356 e. The number of hydrogen-bond donors (Lipinski definition) is 0. The van der Waals surface area contributed by atoms with Gasteiger partial charge in [-0.05, 0) is 32.6 Å². The highest BCUT2D eigenvalue weighted by Crippen LogP contribution is 2.32. The van der Waals surface area contributed by atoms with Crippen molar-refractivity contribution in [3.63, 3.8) is 0 Å². The van der Waals surface area contributed by atoms with E-state index in [-0.39, 0.29) is 0 Å². The van der Waals surface area contributed by atoms with Crippen LogP contribution < -0.4 is 4.90 Å². The number of hydrogen-bond acceptors (Lipinski definition) is 3. The molecule has 0 bridgehead atoms. The summed E-state index contributed by atoms with van der Waals surface area (Å²) in [6.45, 7) is 6.24. The Hall–Kier alpha value is -0.830. The molecule has 2 unspecified atom stereocenters. The molecule has 0 spiro atoms. The first kappa shape index (κ1) is 13.6. The summed E-state index contributed by atoms with van der Waals surface area (Å²) < 4.78 is 0. The summed E-state index contributed by atoms with van der Waals surface area (Å²) in [5.41, 5.74) is 0.988. The molecule has 0 aromatic carbocycles. The van der Waals surface area contributed by atoms with Crippen LogP contribution in [0.3, 0.4) is 0 Å². The quantitative estimate of drug-likeness (QED) is 0.764. The van der Waals surface area contributed by atoms with Gasteiger partial charge in [0, 0.05) is 18.7 Å². The van der Waals surface area contributed by atoms with Gasteiger partial charge in [-0.1, -0.05) is 31.4 Å². The largest absolute Gasteiger partial charge is 0.356 e. The topological polar surface area (TPSA) is 29.0 Å². The Labute approximate surface area is 115 Å². The SMILES string of the molecule is Cc1nc(Cl)c(C)c(N(C)C2CCCCC2C)n1. The Morgan fingerprint density at radius 2 is 1.83 bits per heavy atom. The van der Waals surface area contributed by atoms with Crippen molar-refractivity contribution >= 4 is 17.4 Å². The number of halogens is 1. The molecule has 18 heavy (non-hydrogen) atoms. The second-order valence-corrected chi connectivity index (χ2v) is 5.81. The third-order valence-corrected chi connectivity index (χ3v) is 4.44. The third-order valence-electron chi connectivity index (χ3n) is 4.07. The van der Waals surface area contributed by atoms with Crippen molar-refractivity contribution < 1.29 is 0 Å². The van der Waals surface area contributed by atoms with Gasteiger partial charge in [0.25, 0.3) is 0 Å². The average Bonchev–Trinajstić information content (AvgIpc) is 2.33. The highest BCUT2D eigenvalue weighted by molar-refractivity contribution is 6.30. The van der Waals surface area contributed by atoms with Gasteiger partial charge in [-0.15, -0.1) is 0 Å². The number of aromatic nitrogens is 2. The lowest BCUT2D eigenvalue weighted by Gasteiger charge is -2.37. The maximum atomic E-state index is 6.16. The molecule has 3 nitrogen and oxygen atoms in total. The predicted molar refractivity (Wildman–Crippen MR) is 76.3 cm³/mol. The molecule has 2 atom stereocenters. The van der Waals surface area contributed by atoms with Crippen LogP contribution in [0.25, 0.3) is 0 Å². The highest BCUT2D eigenvalue weighted by Gasteiger charge is 2.27. The predicted octanol–water partition coefficient (Wildman–Crippen LogP) is 3.76. The minimum atomic E-state index is 0.572. The van der Waals surface area contributed by atoms with Crippen LogP contribution in [0.5, 0.6) is 0 Å². The van der Waals surface area contributed by atoms with Gasteiger partial charge in [-0.25, -0.2) is 9.97 Å². The molecule has 1 aromatic rings. The van der Waals surface area contributed by atoms with E-state index in [9.17, 15) is 0 Å². The van der Waals surface area contributed by atoms with E-state index in [4.69, 9.17) is 11.6 Å². The molecular weight excluding hydrogens is 246 g/mol. The van der Waals surface area contributed by atoms with Crippen LogP contribution in [-0.4, -0.2) is 23.1 Å². The van der Waals surface area contributed by atoms with E-state index in [0.717, 1.165) is 23.1 Å². The summed E-state index contributed by atoms with van der Waals surface area (Å²) in [6, 6.07) is 0.572. The van der Waals surface area contributed by atoms with Crippen LogP contribution in [0.2, 0.25) is 5.15 Å². The molecule has 0 radical (unpaired) electrons. The second kappa shape index (κ2) is 5.43. The summed E-state index contributed by atoms with van der Waals surface area (Å²) in [6.07, 6.45) is 5.23. The van der Waals surface area contributed by atoms with Crippen molar-refractivity contribution in [2.75, 3.05) is 11.9 Å². The molecule has 0 N–H and O–H groups in total. The third kappa shape index (κ3) is 2.61. The van der Waals surface area contributed by atoms with Crippen LogP contribution in [0.1, 0.15) is 44.0 Å². The Bertz CT molecular complexity index is 433. The molecule has 0 aliphatic heterocycles. The summed E-state index contributed by atoms with van der Waals surface area (Å²) in [5.74, 6) is 2.46. The molecule has 1 saturated carbocycles. The van der Waals surface area contributed by atoms with E-state index >= 15 is 0 Å². The molecule has 4 heteroatoms. The van der Waals surface area contributed by atoms with Gasteiger partial charge in [0.2, 0.25) is 0 Å². The summed E-state index contributed by atoms with van der Waals surface area (Å²) in [7, 11) is 2.14. The Morgan fingerprint density at radius 1 is 1.17 bits per heavy atom. The number of nitrogens with zero attached hydrogens (tertiary/aromatic N) is 3. The smallest absolute Gasteiger partial charge is 0.137 e. The normalized spacial score (nSPS) is 24.1. The van der Waals surface area contributed by atoms with Gasteiger partial charge in [0.05, 0.1) is 0 Å². The molecule has 0 amide bonds. The van der Waals surface area contributed by atoms with Crippen LogP contribution in [0, 0.1) is 19.8 Å². The van der Waals surface area contributed by atoms with Crippen molar-refractivity contribution in [2.24, 2.45) is 5.92 Å². The molecule has 1 aliphatic rings. The van der Waals surface area contributed by atoms with Crippen molar-refractivity contribution in [2.45, 2.75) is 52.5 Å². The summed E-state index contributed by atoms with van der Waals surface area (Å²) in [4.78, 5) is 11.1. The van der Waals surface area contributed by atoms with Gasteiger partial charge in [0.1, 0.15) is 16.8 Å². The molecule has 1 aliphatic carbocycles. The first-order valence-corrected chi connectivity index (χ1v) is 7.12. The fraction of sp³-hybridized carbons (Fsp3) is 0.714. The Kier molecular flexibility index (Phi) is 4.10. The lowest BCUT2D eigenvalue weighted by molar-refractivity contribution is 0.320. The average molecular weight is 268 g/mol. The molecule has 1 heterocycles. The van der Waals surface area contributed by atoms with Crippen molar-refractivity contribution in [1.82, 2.24) is 9.97 Å². The van der Waals surface area contributed by atoms with Gasteiger partial charge in [-0.3, -0.25) is 0 Å². The standard InChI is InChI=1S/C14H22ClN3/c1-9-7-5-6-8-12(9)18(4)14-10(2)13(15)16-11(3)17-14/h9,12H,5-8H2,1-4H3. The van der Waals surface area contributed by atoms with E-state index in [1.54, 1.807) is 0 Å². The van der Waals surface area contributed by atoms with E-state index in [1.165, 1.54) is 25.7 Å². The van der Waals surface area contributed by atoms with Gasteiger partial charge < -0.3 is 4.90 Å². The lowest BCUT2D eigenvalue weighted by Crippen LogP contribution is -2.40. The zero-order chi connectivity index (χ0) is 13.3. The van der Waals surface area contributed by atoms with Gasteiger partial charge in [-0.2, -0.15) is 0 Å². The van der Waals surface area contributed by atoms with Crippen LogP contribution in [-0.2, 0) is 0 Å². The molecule has 1 aromatic heterocycles. The van der Waals surface area contributed by atoms with Crippen LogP contribution >= 0.6 is 11.6 Å². The molecular formula is C14H22ClN3. The molecule has 1 fully saturated rings. The first-order chi connectivity index (χ1) is 8.50. The zero-order valence-electron chi connectivity index (χ0n) is 11.7. The van der Waals surface area contributed by atoms with Crippen LogP contribution in [0.15, 0.2) is 0 Å². The maximum absolute atomic E-state index is 6.16. The highest BCUT2D eigenvalue weighted by atomic mass is 35.5. The van der Waals surface area contributed by atoms with Gasteiger partial charge >= 0.3 is 0 Å². The van der Waals surface area contributed by atoms with E-state index < -0.39 is 0 Å². The Morgan fingerprint density at radius 3 is 2.50 bits per heavy atom. The number of rotatable bonds is 2. The number of aryl methyl sites for hydroxylation is 1. The van der Waals surface area contributed by atoms with E-state index in [2.05, 4.69) is 28.8 Å². The summed E-state index contributed by atoms with van der Waals surface area (Å²) in [5, 5.41) is 0.577. The van der Waals surface area contributed by atoms with E-state index in [1.807, 2.05) is 13.8 Å². The van der Waals surface area contributed by atoms with Gasteiger partial charge in [0.15, 0.2) is 0 Å². The Balaban J connectivity index is 2.30. The lowest BCUT2D eigenvalue weighted by atomic mass is 9.85. The minimum absolute atomic E-state index is 0.572. The zero-order valence-corrected chi connectivity index (χ0v) is 12.5. The summed E-state index contributed by atoms with van der Waals surface area (Å²) >= 11 is 6.16. The maximum Gasteiger partial charge on any atom is 0.137 e. The first-order valence-electron chi connectivity index (χ1n) is 6.74. The fourth-order valence-corrected chi connectivity index (χ4v) is 3.16. The van der Waals surface area contributed by atoms with E-state index in [0.29, 0.717) is 11.2 Å². The molecule has 100 valence electrons. The van der Waals surface area contributed by atoms with Crippen LogP contribution in [0.4, 0.5) is 5.82 Å². The fourth-order valence-electron chi connectivity index (χ4n) is 2.95. The van der Waals surface area contributed by atoms with Crippen molar-refractivity contribution in [1.29, 1.82) is 0 Å². The van der Waals surface area contributed by atoms with Crippen molar-refractivity contribution in [3.8, 4) is 0 Å². The molecule has 2 rings (SSSR count). The van der Waals surface area contributed by atoms with Crippen molar-refractivity contribution in [3.05, 3.63) is 16.5 Å². The monoisotopic (exact) mass is 267 g/mol. The number of anilines is 1.